The molecule has 0 radical (unpaired) electrons. The Hall–Kier alpha value is -0.120. The molecule has 3 heteroatoms. The van der Waals surface area contributed by atoms with E-state index in [1.165, 1.54) is 6.42 Å². The highest BCUT2D eigenvalue weighted by Crippen LogP contribution is 2.14. The monoisotopic (exact) mass is 200 g/mol. The lowest BCUT2D eigenvalue weighted by atomic mass is 10.1. The molecule has 0 aromatic heterocycles. The maximum Gasteiger partial charge on any atom is 0.0549 e. The van der Waals surface area contributed by atoms with Crippen LogP contribution in [0.15, 0.2) is 0 Å². The molecule has 84 valence electrons. The smallest absolute Gasteiger partial charge is 0.0549 e. The van der Waals surface area contributed by atoms with Gasteiger partial charge in [0.25, 0.3) is 0 Å². The third kappa shape index (κ3) is 3.56. The molecule has 0 saturated carbocycles. The molecule has 3 atom stereocenters. The average molecular weight is 200 g/mol. The first-order valence-corrected chi connectivity index (χ1v) is 5.75. The van der Waals surface area contributed by atoms with E-state index in [0.29, 0.717) is 12.1 Å². The molecule has 1 aliphatic rings. The van der Waals surface area contributed by atoms with Crippen LogP contribution in [0.2, 0.25) is 0 Å². The standard InChI is InChI=1S/C11H24N2O/c1-4-11(14)5-6-12-10-7-9(2)13(3)8-10/h9-12,14H,4-8H2,1-3H3. The van der Waals surface area contributed by atoms with E-state index < -0.39 is 0 Å². The summed E-state index contributed by atoms with van der Waals surface area (Å²) in [5.41, 5.74) is 0. The van der Waals surface area contributed by atoms with Crippen molar-refractivity contribution in [2.75, 3.05) is 20.1 Å². The number of nitrogens with one attached hydrogen (secondary N) is 1. The molecule has 1 aliphatic heterocycles. The first kappa shape index (κ1) is 12.0. The summed E-state index contributed by atoms with van der Waals surface area (Å²) >= 11 is 0. The van der Waals surface area contributed by atoms with Crippen molar-refractivity contribution in [2.45, 2.75) is 51.3 Å². The lowest BCUT2D eigenvalue weighted by Gasteiger charge is -2.14. The number of aliphatic hydroxyl groups excluding tert-OH is 1. The van der Waals surface area contributed by atoms with E-state index >= 15 is 0 Å². The third-order valence-electron chi connectivity index (χ3n) is 3.27. The fourth-order valence-electron chi connectivity index (χ4n) is 2.00. The van der Waals surface area contributed by atoms with E-state index in [-0.39, 0.29) is 6.10 Å². The van der Waals surface area contributed by atoms with Crippen molar-refractivity contribution in [3.05, 3.63) is 0 Å². The van der Waals surface area contributed by atoms with Crippen molar-refractivity contribution in [3.63, 3.8) is 0 Å². The average Bonchev–Trinajstić information content (AvgIpc) is 2.46. The summed E-state index contributed by atoms with van der Waals surface area (Å²) in [6.45, 7) is 6.38. The molecule has 14 heavy (non-hydrogen) atoms. The highest BCUT2D eigenvalue weighted by Gasteiger charge is 2.25. The van der Waals surface area contributed by atoms with Gasteiger partial charge in [0.05, 0.1) is 6.10 Å². The Morgan fingerprint density at radius 2 is 2.29 bits per heavy atom. The molecule has 0 bridgehead atoms. The second-order valence-electron chi connectivity index (χ2n) is 4.53. The molecule has 2 N–H and O–H groups in total. The summed E-state index contributed by atoms with van der Waals surface area (Å²) in [5.74, 6) is 0. The number of nitrogens with zero attached hydrogens (tertiary/aromatic N) is 1. The molecule has 3 nitrogen and oxygen atoms in total. The van der Waals surface area contributed by atoms with Gasteiger partial charge in [0, 0.05) is 18.6 Å². The quantitative estimate of drug-likeness (QED) is 0.690. The predicted octanol–water partition coefficient (Wildman–Crippen LogP) is 0.830. The van der Waals surface area contributed by atoms with Gasteiger partial charge in [0.2, 0.25) is 0 Å². The SMILES string of the molecule is CCC(O)CCNC1CC(C)N(C)C1. The normalized spacial score (nSPS) is 30.9. The van der Waals surface area contributed by atoms with Gasteiger partial charge in [-0.15, -0.1) is 0 Å². The van der Waals surface area contributed by atoms with Crippen LogP contribution in [0.1, 0.15) is 33.1 Å². The van der Waals surface area contributed by atoms with Crippen LogP contribution in [0, 0.1) is 0 Å². The van der Waals surface area contributed by atoms with Crippen molar-refractivity contribution in [3.8, 4) is 0 Å². The Labute approximate surface area is 87.5 Å². The Morgan fingerprint density at radius 3 is 2.79 bits per heavy atom. The molecule has 1 rings (SSSR count). The van der Waals surface area contributed by atoms with Crippen molar-refractivity contribution in [2.24, 2.45) is 0 Å². The summed E-state index contributed by atoms with van der Waals surface area (Å²) in [6.07, 6.45) is 2.85. The zero-order chi connectivity index (χ0) is 10.6. The Balaban J connectivity index is 2.08. The number of likely N-dealkylation sites (N-methyl/N-ethyl adjacent to an activating group) is 1. The molecule has 0 aromatic carbocycles. The Bertz CT molecular complexity index is 153. The highest BCUT2D eigenvalue weighted by molar-refractivity contribution is 4.84. The van der Waals surface area contributed by atoms with Crippen LogP contribution in [-0.4, -0.2) is 48.3 Å². The minimum absolute atomic E-state index is 0.126. The number of likely N-dealkylation sites (tertiary alicyclic amines) is 1. The van der Waals surface area contributed by atoms with Crippen molar-refractivity contribution in [1.29, 1.82) is 0 Å². The summed E-state index contributed by atoms with van der Waals surface area (Å²) in [5, 5.41) is 12.9. The summed E-state index contributed by atoms with van der Waals surface area (Å²) in [7, 11) is 2.17. The van der Waals surface area contributed by atoms with E-state index in [4.69, 9.17) is 0 Å². The van der Waals surface area contributed by atoms with Gasteiger partial charge in [-0.2, -0.15) is 0 Å². The molecule has 1 heterocycles. The molecule has 0 amide bonds. The van der Waals surface area contributed by atoms with E-state index in [9.17, 15) is 5.11 Å². The topological polar surface area (TPSA) is 35.5 Å². The first-order valence-electron chi connectivity index (χ1n) is 5.75. The van der Waals surface area contributed by atoms with Gasteiger partial charge in [0.15, 0.2) is 0 Å². The zero-order valence-corrected chi connectivity index (χ0v) is 9.66. The van der Waals surface area contributed by atoms with Crippen LogP contribution in [-0.2, 0) is 0 Å². The van der Waals surface area contributed by atoms with Gasteiger partial charge in [-0.1, -0.05) is 6.92 Å². The van der Waals surface area contributed by atoms with Crippen LogP contribution < -0.4 is 5.32 Å². The molecular weight excluding hydrogens is 176 g/mol. The molecule has 1 fully saturated rings. The van der Waals surface area contributed by atoms with E-state index in [1.807, 2.05) is 6.92 Å². The Morgan fingerprint density at radius 1 is 1.57 bits per heavy atom. The van der Waals surface area contributed by atoms with Crippen molar-refractivity contribution >= 4 is 0 Å². The maximum absolute atomic E-state index is 9.39. The largest absolute Gasteiger partial charge is 0.393 e. The van der Waals surface area contributed by atoms with Gasteiger partial charge in [-0.05, 0) is 39.8 Å². The van der Waals surface area contributed by atoms with Crippen LogP contribution in [0.3, 0.4) is 0 Å². The molecule has 1 saturated heterocycles. The summed E-state index contributed by atoms with van der Waals surface area (Å²) < 4.78 is 0. The van der Waals surface area contributed by atoms with Crippen LogP contribution in [0.25, 0.3) is 0 Å². The highest BCUT2D eigenvalue weighted by atomic mass is 16.3. The minimum Gasteiger partial charge on any atom is -0.393 e. The van der Waals surface area contributed by atoms with E-state index in [2.05, 4.69) is 24.2 Å². The van der Waals surface area contributed by atoms with Gasteiger partial charge in [-0.3, -0.25) is 0 Å². The maximum atomic E-state index is 9.39. The first-order chi connectivity index (χ1) is 6.63. The van der Waals surface area contributed by atoms with Crippen LogP contribution >= 0.6 is 0 Å². The Kier molecular flexibility index (Phi) is 4.85. The van der Waals surface area contributed by atoms with Gasteiger partial charge >= 0.3 is 0 Å². The fourth-order valence-corrected chi connectivity index (χ4v) is 2.00. The van der Waals surface area contributed by atoms with Crippen LogP contribution in [0.5, 0.6) is 0 Å². The van der Waals surface area contributed by atoms with Gasteiger partial charge in [0.1, 0.15) is 0 Å². The van der Waals surface area contributed by atoms with Crippen molar-refractivity contribution in [1.82, 2.24) is 10.2 Å². The van der Waals surface area contributed by atoms with Crippen molar-refractivity contribution < 1.29 is 5.11 Å². The third-order valence-corrected chi connectivity index (χ3v) is 3.27. The molecule has 0 spiro atoms. The predicted molar refractivity (Wildman–Crippen MR) is 59.4 cm³/mol. The van der Waals surface area contributed by atoms with Gasteiger partial charge < -0.3 is 15.3 Å². The fraction of sp³-hybridized carbons (Fsp3) is 1.00. The lowest BCUT2D eigenvalue weighted by Crippen LogP contribution is -2.33. The molecule has 0 aliphatic carbocycles. The van der Waals surface area contributed by atoms with Gasteiger partial charge in [-0.25, -0.2) is 0 Å². The van der Waals surface area contributed by atoms with Crippen LogP contribution in [0.4, 0.5) is 0 Å². The second-order valence-corrected chi connectivity index (χ2v) is 4.53. The molecule has 0 aromatic rings. The van der Waals surface area contributed by atoms with E-state index in [0.717, 1.165) is 25.9 Å². The van der Waals surface area contributed by atoms with E-state index in [1.54, 1.807) is 0 Å². The minimum atomic E-state index is -0.126. The summed E-state index contributed by atoms with van der Waals surface area (Å²) in [6, 6.07) is 1.32. The zero-order valence-electron chi connectivity index (χ0n) is 9.66. The number of hydrogen-bond donors (Lipinski definition) is 2. The summed E-state index contributed by atoms with van der Waals surface area (Å²) in [4.78, 5) is 2.38. The number of hydrogen-bond acceptors (Lipinski definition) is 3. The molecular formula is C11H24N2O. The molecule has 3 unspecified atom stereocenters. The number of aliphatic hydroxyl groups is 1. The second kappa shape index (κ2) is 5.69. The lowest BCUT2D eigenvalue weighted by molar-refractivity contribution is 0.158. The number of rotatable bonds is 5.